The van der Waals surface area contributed by atoms with Crippen LogP contribution in [0.15, 0.2) is 85.2 Å². The number of piperazine rings is 1. The highest BCUT2D eigenvalue weighted by molar-refractivity contribution is 5.84. The lowest BCUT2D eigenvalue weighted by Crippen LogP contribution is -2.50. The Labute approximate surface area is 172 Å². The van der Waals surface area contributed by atoms with Gasteiger partial charge in [-0.1, -0.05) is 42.5 Å². The van der Waals surface area contributed by atoms with Gasteiger partial charge in [0.05, 0.1) is 0 Å². The number of aromatic nitrogens is 1. The van der Waals surface area contributed by atoms with Gasteiger partial charge in [-0.2, -0.15) is 0 Å². The summed E-state index contributed by atoms with van der Waals surface area (Å²) in [6.07, 6.45) is 3.71. The molecule has 148 valence electrons. The molecule has 4 rings (SSSR count). The van der Waals surface area contributed by atoms with Gasteiger partial charge in [-0.15, -0.1) is 0 Å². The second kappa shape index (κ2) is 9.34. The molecule has 0 aliphatic carbocycles. The van der Waals surface area contributed by atoms with Crippen LogP contribution in [0.1, 0.15) is 5.56 Å². The molecule has 1 aromatic heterocycles. The van der Waals surface area contributed by atoms with Gasteiger partial charge in [0.2, 0.25) is 5.91 Å². The van der Waals surface area contributed by atoms with Crippen molar-refractivity contribution in [2.45, 2.75) is 6.54 Å². The van der Waals surface area contributed by atoms with Gasteiger partial charge in [0, 0.05) is 56.5 Å². The Bertz CT molecular complexity index is 854. The summed E-state index contributed by atoms with van der Waals surface area (Å²) in [7, 11) is 0. The molecule has 1 fully saturated rings. The van der Waals surface area contributed by atoms with Crippen molar-refractivity contribution in [1.29, 1.82) is 0 Å². The maximum atomic E-state index is 13.1. The van der Waals surface area contributed by atoms with Gasteiger partial charge >= 0.3 is 0 Å². The number of hydrogen-bond acceptors (Lipinski definition) is 4. The first-order valence-electron chi connectivity index (χ1n) is 10.1. The molecule has 1 aliphatic heterocycles. The van der Waals surface area contributed by atoms with Crippen molar-refractivity contribution in [3.63, 3.8) is 0 Å². The monoisotopic (exact) mass is 386 g/mol. The van der Waals surface area contributed by atoms with Crippen LogP contribution in [0.3, 0.4) is 0 Å². The number of hydrogen-bond donors (Lipinski definition) is 0. The second-order valence-electron chi connectivity index (χ2n) is 7.28. The van der Waals surface area contributed by atoms with E-state index in [1.807, 2.05) is 77.8 Å². The predicted octanol–water partition coefficient (Wildman–Crippen LogP) is 3.56. The van der Waals surface area contributed by atoms with E-state index < -0.39 is 0 Å². The molecule has 2 aromatic carbocycles. The Morgan fingerprint density at radius 3 is 2.00 bits per heavy atom. The maximum Gasteiger partial charge on any atom is 0.242 e. The molecule has 0 atom stereocenters. The van der Waals surface area contributed by atoms with Crippen molar-refractivity contribution in [1.82, 2.24) is 14.8 Å². The molecule has 1 aliphatic rings. The number of para-hydroxylation sites is 2. The standard InChI is InChI=1S/C24H26N4O/c29-24(27-16-14-26(15-17-27)19-21-8-7-13-25-18-21)20-28(22-9-3-1-4-10-22)23-11-5-2-6-12-23/h1-13,18H,14-17,19-20H2. The van der Waals surface area contributed by atoms with Gasteiger partial charge in [-0.25, -0.2) is 0 Å². The van der Waals surface area contributed by atoms with Gasteiger partial charge < -0.3 is 9.80 Å². The minimum atomic E-state index is 0.165. The van der Waals surface area contributed by atoms with E-state index in [9.17, 15) is 4.79 Å². The molecular formula is C24H26N4O. The number of pyridine rings is 1. The molecule has 0 bridgehead atoms. The molecule has 1 amide bonds. The Balaban J connectivity index is 1.39. The summed E-state index contributed by atoms with van der Waals surface area (Å²) < 4.78 is 0. The number of nitrogens with zero attached hydrogens (tertiary/aromatic N) is 4. The van der Waals surface area contributed by atoms with Crippen LogP contribution in [-0.4, -0.2) is 53.4 Å². The van der Waals surface area contributed by atoms with Crippen molar-refractivity contribution in [2.75, 3.05) is 37.6 Å². The number of benzene rings is 2. The maximum absolute atomic E-state index is 13.1. The minimum absolute atomic E-state index is 0.165. The topological polar surface area (TPSA) is 39.7 Å². The van der Waals surface area contributed by atoms with Gasteiger partial charge in [-0.05, 0) is 35.9 Å². The summed E-state index contributed by atoms with van der Waals surface area (Å²) in [5.74, 6) is 0.165. The smallest absolute Gasteiger partial charge is 0.242 e. The molecule has 29 heavy (non-hydrogen) atoms. The summed E-state index contributed by atoms with van der Waals surface area (Å²) in [5, 5.41) is 0. The predicted molar refractivity (Wildman–Crippen MR) is 116 cm³/mol. The van der Waals surface area contributed by atoms with Gasteiger partial charge in [-0.3, -0.25) is 14.7 Å². The Morgan fingerprint density at radius 1 is 0.828 bits per heavy atom. The lowest BCUT2D eigenvalue weighted by molar-refractivity contribution is -0.131. The second-order valence-corrected chi connectivity index (χ2v) is 7.28. The third kappa shape index (κ3) is 5.00. The molecule has 5 nitrogen and oxygen atoms in total. The van der Waals surface area contributed by atoms with Crippen molar-refractivity contribution >= 4 is 17.3 Å². The zero-order valence-electron chi connectivity index (χ0n) is 16.5. The first-order chi connectivity index (χ1) is 14.3. The highest BCUT2D eigenvalue weighted by Crippen LogP contribution is 2.25. The van der Waals surface area contributed by atoms with Crippen LogP contribution in [0.2, 0.25) is 0 Å². The Morgan fingerprint density at radius 2 is 1.45 bits per heavy atom. The third-order valence-electron chi connectivity index (χ3n) is 5.28. The van der Waals surface area contributed by atoms with Crippen molar-refractivity contribution in [2.24, 2.45) is 0 Å². The Hall–Kier alpha value is -3.18. The molecule has 0 unspecified atom stereocenters. The van der Waals surface area contributed by atoms with Gasteiger partial charge in [0.15, 0.2) is 0 Å². The summed E-state index contributed by atoms with van der Waals surface area (Å²) in [5.41, 5.74) is 3.27. The SMILES string of the molecule is O=C(CN(c1ccccc1)c1ccccc1)N1CCN(Cc2cccnc2)CC1. The fourth-order valence-corrected chi connectivity index (χ4v) is 3.69. The number of anilines is 2. The molecule has 0 spiro atoms. The summed E-state index contributed by atoms with van der Waals surface area (Å²) in [6.45, 7) is 4.52. The third-order valence-corrected chi connectivity index (χ3v) is 5.28. The fraction of sp³-hybridized carbons (Fsp3) is 0.250. The molecular weight excluding hydrogens is 360 g/mol. The van der Waals surface area contributed by atoms with Crippen LogP contribution in [0.4, 0.5) is 11.4 Å². The van der Waals surface area contributed by atoms with Crippen LogP contribution in [0.5, 0.6) is 0 Å². The van der Waals surface area contributed by atoms with Crippen LogP contribution in [-0.2, 0) is 11.3 Å². The molecule has 2 heterocycles. The lowest BCUT2D eigenvalue weighted by Gasteiger charge is -2.36. The molecule has 1 saturated heterocycles. The Kier molecular flexibility index (Phi) is 6.17. The average Bonchev–Trinajstić information content (AvgIpc) is 2.80. The summed E-state index contributed by atoms with van der Waals surface area (Å²) in [6, 6.07) is 24.3. The van der Waals surface area contributed by atoms with E-state index in [0.717, 1.165) is 44.1 Å². The number of rotatable bonds is 6. The van der Waals surface area contributed by atoms with E-state index in [2.05, 4.69) is 20.9 Å². The van der Waals surface area contributed by atoms with Crippen molar-refractivity contribution < 1.29 is 4.79 Å². The first kappa shape index (κ1) is 19.2. The van der Waals surface area contributed by atoms with E-state index in [0.29, 0.717) is 6.54 Å². The molecule has 0 N–H and O–H groups in total. The lowest BCUT2D eigenvalue weighted by atomic mass is 10.2. The van der Waals surface area contributed by atoms with E-state index in [4.69, 9.17) is 0 Å². The number of carbonyl (C=O) groups excluding carboxylic acids is 1. The van der Waals surface area contributed by atoms with Crippen LogP contribution in [0.25, 0.3) is 0 Å². The fourth-order valence-electron chi connectivity index (χ4n) is 3.69. The number of amides is 1. The average molecular weight is 386 g/mol. The summed E-state index contributed by atoms with van der Waals surface area (Å²) in [4.78, 5) is 23.7. The zero-order valence-corrected chi connectivity index (χ0v) is 16.5. The van der Waals surface area contributed by atoms with Gasteiger partial charge in [0.25, 0.3) is 0 Å². The minimum Gasteiger partial charge on any atom is -0.339 e. The largest absolute Gasteiger partial charge is 0.339 e. The molecule has 0 radical (unpaired) electrons. The van der Waals surface area contributed by atoms with E-state index in [1.54, 1.807) is 6.20 Å². The van der Waals surface area contributed by atoms with Crippen LogP contribution in [0, 0.1) is 0 Å². The van der Waals surface area contributed by atoms with Crippen LogP contribution < -0.4 is 4.90 Å². The van der Waals surface area contributed by atoms with Crippen molar-refractivity contribution in [3.05, 3.63) is 90.8 Å². The van der Waals surface area contributed by atoms with Crippen molar-refractivity contribution in [3.8, 4) is 0 Å². The quantitative estimate of drug-likeness (QED) is 0.649. The van der Waals surface area contributed by atoms with E-state index in [-0.39, 0.29) is 5.91 Å². The zero-order chi connectivity index (χ0) is 19.9. The summed E-state index contributed by atoms with van der Waals surface area (Å²) >= 11 is 0. The first-order valence-corrected chi connectivity index (χ1v) is 10.1. The molecule has 5 heteroatoms. The molecule has 0 saturated carbocycles. The van der Waals surface area contributed by atoms with E-state index in [1.165, 1.54) is 5.56 Å². The van der Waals surface area contributed by atoms with Crippen LogP contribution >= 0.6 is 0 Å². The highest BCUT2D eigenvalue weighted by Gasteiger charge is 2.23. The van der Waals surface area contributed by atoms with Gasteiger partial charge in [0.1, 0.15) is 6.54 Å². The number of carbonyl (C=O) groups is 1. The normalized spacial score (nSPS) is 14.6. The highest BCUT2D eigenvalue weighted by atomic mass is 16.2. The molecule has 3 aromatic rings. The van der Waals surface area contributed by atoms with E-state index >= 15 is 0 Å².